The molecule has 6 heteroatoms. The van der Waals surface area contributed by atoms with E-state index in [-0.39, 0.29) is 29.1 Å². The third-order valence-corrected chi connectivity index (χ3v) is 5.59. The summed E-state index contributed by atoms with van der Waals surface area (Å²) >= 11 is 0. The number of H-pyrrole nitrogens is 1. The molecule has 2 heterocycles. The first-order chi connectivity index (χ1) is 12.1. The molecule has 4 rings (SSSR count). The molecule has 0 spiro atoms. The average Bonchev–Trinajstić information content (AvgIpc) is 3.01. The van der Waals surface area contributed by atoms with Gasteiger partial charge in [0.15, 0.2) is 0 Å². The fraction of sp³-hybridized carbons (Fsp3) is 0.421. The number of hydrogen-bond donors (Lipinski definition) is 2. The number of amides is 1. The van der Waals surface area contributed by atoms with Crippen molar-refractivity contribution in [2.24, 2.45) is 5.92 Å². The van der Waals surface area contributed by atoms with Crippen molar-refractivity contribution in [2.45, 2.75) is 44.2 Å². The lowest BCUT2D eigenvalue weighted by Crippen LogP contribution is -2.46. The van der Waals surface area contributed by atoms with Crippen LogP contribution in [0.25, 0.3) is 10.8 Å². The van der Waals surface area contributed by atoms with Gasteiger partial charge >= 0.3 is 5.97 Å². The average molecular weight is 340 g/mol. The molecule has 0 radical (unpaired) electrons. The highest BCUT2D eigenvalue weighted by atomic mass is 16.4. The number of aliphatic carboxylic acids is 1. The second-order valence-electron chi connectivity index (χ2n) is 7.01. The molecular weight excluding hydrogens is 320 g/mol. The number of fused-ring (bicyclic) bond motifs is 2. The fourth-order valence-corrected chi connectivity index (χ4v) is 4.44. The van der Waals surface area contributed by atoms with Crippen LogP contribution >= 0.6 is 0 Å². The van der Waals surface area contributed by atoms with Crippen molar-refractivity contribution in [2.75, 3.05) is 0 Å². The number of benzene rings is 1. The van der Waals surface area contributed by atoms with Crippen molar-refractivity contribution < 1.29 is 14.7 Å². The minimum absolute atomic E-state index is 0.0441. The van der Waals surface area contributed by atoms with E-state index in [1.807, 2.05) is 6.07 Å². The molecule has 1 saturated carbocycles. The van der Waals surface area contributed by atoms with Gasteiger partial charge in [-0.25, -0.2) is 4.79 Å². The molecule has 1 saturated heterocycles. The van der Waals surface area contributed by atoms with Gasteiger partial charge in [0.25, 0.3) is 11.5 Å². The molecule has 0 unspecified atom stereocenters. The van der Waals surface area contributed by atoms with E-state index in [2.05, 4.69) is 4.98 Å². The topological polar surface area (TPSA) is 90.5 Å². The van der Waals surface area contributed by atoms with E-state index in [1.54, 1.807) is 24.3 Å². The number of carbonyl (C=O) groups excluding carboxylic acids is 1. The quantitative estimate of drug-likeness (QED) is 0.878. The standard InChI is InChI=1S/C19H20N2O4/c22-17-13-7-3-1-5-11(13)9-14(20-17)18(23)21-15-8-4-2-6-12(15)10-16(21)19(24)25/h1,3,5,7,9,12,15-16H,2,4,6,8,10H2,(H,20,22)(H,24,25)/t12-,15+,16+/m1/s1. The zero-order valence-electron chi connectivity index (χ0n) is 13.8. The molecule has 1 aromatic heterocycles. The molecule has 0 bridgehead atoms. The van der Waals surface area contributed by atoms with Crippen LogP contribution in [0.5, 0.6) is 0 Å². The lowest BCUT2D eigenvalue weighted by atomic mass is 9.84. The maximum Gasteiger partial charge on any atom is 0.326 e. The third kappa shape index (κ3) is 2.62. The normalized spacial score (nSPS) is 25.8. The summed E-state index contributed by atoms with van der Waals surface area (Å²) in [5.41, 5.74) is -0.158. The lowest BCUT2D eigenvalue weighted by Gasteiger charge is -2.32. The summed E-state index contributed by atoms with van der Waals surface area (Å²) in [5, 5.41) is 10.8. The zero-order valence-corrected chi connectivity index (χ0v) is 13.8. The van der Waals surface area contributed by atoms with Crippen LogP contribution in [-0.2, 0) is 4.79 Å². The summed E-state index contributed by atoms with van der Waals surface area (Å²) in [6.07, 6.45) is 4.39. The Morgan fingerprint density at radius 2 is 1.92 bits per heavy atom. The van der Waals surface area contributed by atoms with Crippen LogP contribution in [0.3, 0.4) is 0 Å². The Hall–Kier alpha value is -2.63. The number of carboxylic acid groups (broad SMARTS) is 1. The second-order valence-corrected chi connectivity index (χ2v) is 7.01. The molecule has 2 N–H and O–H groups in total. The van der Waals surface area contributed by atoms with Gasteiger partial charge in [-0.15, -0.1) is 0 Å². The van der Waals surface area contributed by atoms with Crippen LogP contribution in [0.15, 0.2) is 35.1 Å². The van der Waals surface area contributed by atoms with Gasteiger partial charge in [-0.1, -0.05) is 31.0 Å². The number of nitrogens with one attached hydrogen (secondary N) is 1. The molecule has 1 aromatic carbocycles. The van der Waals surface area contributed by atoms with E-state index < -0.39 is 12.0 Å². The number of nitrogens with zero attached hydrogens (tertiary/aromatic N) is 1. The van der Waals surface area contributed by atoms with Crippen LogP contribution in [0.1, 0.15) is 42.6 Å². The van der Waals surface area contributed by atoms with E-state index in [4.69, 9.17) is 0 Å². The van der Waals surface area contributed by atoms with Crippen molar-refractivity contribution in [3.05, 3.63) is 46.4 Å². The molecule has 1 aliphatic heterocycles. The first-order valence-corrected chi connectivity index (χ1v) is 8.74. The summed E-state index contributed by atoms with van der Waals surface area (Å²) in [6.45, 7) is 0. The van der Waals surface area contributed by atoms with Crippen molar-refractivity contribution >= 4 is 22.6 Å². The maximum atomic E-state index is 13.1. The molecule has 3 atom stereocenters. The number of hydrogen-bond acceptors (Lipinski definition) is 3. The number of aromatic nitrogens is 1. The van der Waals surface area contributed by atoms with E-state index in [9.17, 15) is 19.5 Å². The molecule has 1 amide bonds. The van der Waals surface area contributed by atoms with Gasteiger partial charge in [-0.05, 0) is 42.7 Å². The Bertz CT molecular complexity index is 904. The summed E-state index contributed by atoms with van der Waals surface area (Å²) in [4.78, 5) is 41.2. The molecular formula is C19H20N2O4. The van der Waals surface area contributed by atoms with Crippen molar-refractivity contribution in [3.8, 4) is 0 Å². The number of carbonyl (C=O) groups is 2. The van der Waals surface area contributed by atoms with Gasteiger partial charge < -0.3 is 15.0 Å². The highest BCUT2D eigenvalue weighted by Crippen LogP contribution is 2.40. The van der Waals surface area contributed by atoms with E-state index in [0.717, 1.165) is 25.7 Å². The fourth-order valence-electron chi connectivity index (χ4n) is 4.44. The number of rotatable bonds is 2. The predicted octanol–water partition coefficient (Wildman–Crippen LogP) is 2.39. The number of aromatic amines is 1. The Morgan fingerprint density at radius 3 is 2.72 bits per heavy atom. The first kappa shape index (κ1) is 15.9. The summed E-state index contributed by atoms with van der Waals surface area (Å²) < 4.78 is 0. The predicted molar refractivity (Wildman–Crippen MR) is 92.5 cm³/mol. The molecule has 25 heavy (non-hydrogen) atoms. The maximum absolute atomic E-state index is 13.1. The third-order valence-electron chi connectivity index (χ3n) is 5.59. The zero-order chi connectivity index (χ0) is 17.6. The Labute approximate surface area is 144 Å². The monoisotopic (exact) mass is 340 g/mol. The van der Waals surface area contributed by atoms with Gasteiger partial charge in [-0.3, -0.25) is 9.59 Å². The van der Waals surface area contributed by atoms with Crippen molar-refractivity contribution in [1.82, 2.24) is 9.88 Å². The Kier molecular flexibility index (Phi) is 3.82. The van der Waals surface area contributed by atoms with Crippen LogP contribution in [0.4, 0.5) is 0 Å². The van der Waals surface area contributed by atoms with Gasteiger partial charge in [-0.2, -0.15) is 0 Å². The van der Waals surface area contributed by atoms with Crippen LogP contribution in [-0.4, -0.2) is 39.0 Å². The minimum Gasteiger partial charge on any atom is -0.480 e. The Morgan fingerprint density at radius 1 is 1.16 bits per heavy atom. The van der Waals surface area contributed by atoms with Crippen LogP contribution < -0.4 is 5.56 Å². The number of pyridine rings is 1. The van der Waals surface area contributed by atoms with Gasteiger partial charge in [0, 0.05) is 11.4 Å². The molecule has 2 aromatic rings. The molecule has 130 valence electrons. The van der Waals surface area contributed by atoms with Gasteiger partial charge in [0.05, 0.1) is 0 Å². The molecule has 2 fully saturated rings. The van der Waals surface area contributed by atoms with Crippen molar-refractivity contribution in [1.29, 1.82) is 0 Å². The van der Waals surface area contributed by atoms with E-state index >= 15 is 0 Å². The van der Waals surface area contributed by atoms with Gasteiger partial charge in [0.2, 0.25) is 0 Å². The molecule has 6 nitrogen and oxygen atoms in total. The number of likely N-dealkylation sites (tertiary alicyclic amines) is 1. The first-order valence-electron chi connectivity index (χ1n) is 8.74. The Balaban J connectivity index is 1.76. The minimum atomic E-state index is -0.967. The van der Waals surface area contributed by atoms with E-state index in [1.165, 1.54) is 4.90 Å². The smallest absolute Gasteiger partial charge is 0.326 e. The lowest BCUT2D eigenvalue weighted by molar-refractivity contribution is -0.141. The molecule has 1 aliphatic carbocycles. The summed E-state index contributed by atoms with van der Waals surface area (Å²) in [6, 6.07) is 7.86. The highest BCUT2D eigenvalue weighted by Gasteiger charge is 2.47. The SMILES string of the molecule is O=C(O)[C@@H]1C[C@H]2CCCC[C@@H]2N1C(=O)c1cc2ccccc2c(=O)[nH]1. The van der Waals surface area contributed by atoms with E-state index in [0.29, 0.717) is 17.2 Å². The second kappa shape index (κ2) is 6.02. The summed E-state index contributed by atoms with van der Waals surface area (Å²) in [7, 11) is 0. The highest BCUT2D eigenvalue weighted by molar-refractivity contribution is 5.98. The van der Waals surface area contributed by atoms with Gasteiger partial charge in [0.1, 0.15) is 11.7 Å². The van der Waals surface area contributed by atoms with Crippen LogP contribution in [0.2, 0.25) is 0 Å². The van der Waals surface area contributed by atoms with Crippen molar-refractivity contribution in [3.63, 3.8) is 0 Å². The largest absolute Gasteiger partial charge is 0.480 e. The van der Waals surface area contributed by atoms with Crippen LogP contribution in [0, 0.1) is 5.92 Å². The summed E-state index contributed by atoms with van der Waals surface area (Å²) in [5.74, 6) is -1.11. The molecule has 2 aliphatic rings. The number of carboxylic acids is 1.